The molecule has 0 fully saturated rings. The van der Waals surface area contributed by atoms with Crippen LogP contribution in [0.5, 0.6) is 0 Å². The van der Waals surface area contributed by atoms with Crippen LogP contribution < -0.4 is 4.72 Å². The number of ether oxygens (including phenoxy) is 2. The van der Waals surface area contributed by atoms with E-state index in [0.717, 1.165) is 0 Å². The fraction of sp³-hybridized carbons (Fsp3) is 0.714. The summed E-state index contributed by atoms with van der Waals surface area (Å²) in [4.78, 5) is 8.25. The Morgan fingerprint density at radius 1 is 1.32 bits per heavy atom. The van der Waals surface area contributed by atoms with E-state index in [9.17, 15) is 9.32 Å². The van der Waals surface area contributed by atoms with Gasteiger partial charge in [-0.3, -0.25) is 9.97 Å². The second kappa shape index (κ2) is 8.64. The van der Waals surface area contributed by atoms with Gasteiger partial charge < -0.3 is 14.6 Å². The van der Waals surface area contributed by atoms with Crippen molar-refractivity contribution in [2.24, 2.45) is 0 Å². The molecule has 0 radical (unpaired) electrons. The molecule has 22 heavy (non-hydrogen) atoms. The molecule has 0 saturated carbocycles. The molecule has 126 valence electrons. The molecule has 0 aromatic carbocycles. The van der Waals surface area contributed by atoms with E-state index in [4.69, 9.17) is 9.47 Å². The van der Waals surface area contributed by atoms with Crippen LogP contribution in [0.2, 0.25) is 0 Å². The molecule has 1 aromatic rings. The maximum Gasteiger partial charge on any atom is 0.182 e. The van der Waals surface area contributed by atoms with Gasteiger partial charge in [0.2, 0.25) is 0 Å². The molecule has 0 aliphatic carbocycles. The Morgan fingerprint density at radius 3 is 2.41 bits per heavy atom. The Hall–Kier alpha value is -0.930. The quantitative estimate of drug-likeness (QED) is 0.689. The third kappa shape index (κ3) is 5.69. The van der Waals surface area contributed by atoms with Gasteiger partial charge in [0, 0.05) is 33.0 Å². The second-order valence-electron chi connectivity index (χ2n) is 5.82. The van der Waals surface area contributed by atoms with Crippen molar-refractivity contribution in [3.05, 3.63) is 24.3 Å². The van der Waals surface area contributed by atoms with Gasteiger partial charge in [-0.1, -0.05) is 0 Å². The molecule has 3 atom stereocenters. The molecular formula is C14H25N3O4S. The number of nitrogens with zero attached hydrogens (tertiary/aromatic N) is 2. The first-order chi connectivity index (χ1) is 10.3. The lowest BCUT2D eigenvalue weighted by atomic mass is 10.1. The second-order valence-corrected chi connectivity index (χ2v) is 7.82. The number of hydrogen-bond donors (Lipinski definition) is 2. The molecule has 0 saturated heterocycles. The lowest BCUT2D eigenvalue weighted by Gasteiger charge is -2.27. The average molecular weight is 331 g/mol. The largest absolute Gasteiger partial charge is 0.388 e. The molecular weight excluding hydrogens is 306 g/mol. The van der Waals surface area contributed by atoms with Crippen molar-refractivity contribution in [3.63, 3.8) is 0 Å². The molecule has 1 heterocycles. The highest BCUT2D eigenvalue weighted by Crippen LogP contribution is 2.21. The van der Waals surface area contributed by atoms with Crippen LogP contribution in [0, 0.1) is 0 Å². The summed E-state index contributed by atoms with van der Waals surface area (Å²) in [6.45, 7) is 5.61. The van der Waals surface area contributed by atoms with Crippen molar-refractivity contribution >= 4 is 11.0 Å². The standard InChI is InChI=1S/C14H25N3O4S/c1-14(2,3)22(19)17-10(11-9-15-6-7-16-11)8-12(18)13(20-4)21-5/h6-7,9-10,12-13,17-18H,8H2,1-5H3/t10-,12?,22?/m0/s1. The van der Waals surface area contributed by atoms with Crippen LogP contribution in [0.15, 0.2) is 18.6 Å². The van der Waals surface area contributed by atoms with Crippen molar-refractivity contribution in [2.45, 2.75) is 50.4 Å². The first-order valence-corrected chi connectivity index (χ1v) is 8.12. The highest BCUT2D eigenvalue weighted by Gasteiger charge is 2.28. The Labute approximate surface area is 134 Å². The number of aromatic nitrogens is 2. The highest BCUT2D eigenvalue weighted by atomic mass is 32.2. The van der Waals surface area contributed by atoms with Crippen LogP contribution in [-0.2, 0) is 20.5 Å². The van der Waals surface area contributed by atoms with E-state index in [-0.39, 0.29) is 6.42 Å². The number of aliphatic hydroxyl groups excluding tert-OH is 1. The summed E-state index contributed by atoms with van der Waals surface area (Å²) in [5.74, 6) is 0. The Bertz CT molecular complexity index is 463. The smallest absolute Gasteiger partial charge is 0.182 e. The topological polar surface area (TPSA) is 93.6 Å². The molecule has 7 nitrogen and oxygen atoms in total. The zero-order valence-corrected chi connectivity index (χ0v) is 14.5. The van der Waals surface area contributed by atoms with Gasteiger partial charge in [0.15, 0.2) is 6.29 Å². The van der Waals surface area contributed by atoms with Gasteiger partial charge in [0.05, 0.1) is 33.7 Å². The number of hydrogen-bond acceptors (Lipinski definition) is 6. The predicted octanol–water partition coefficient (Wildman–Crippen LogP) is 0.939. The minimum absolute atomic E-state index is 0.229. The van der Waals surface area contributed by atoms with Crippen LogP contribution in [-0.4, -0.2) is 50.6 Å². The van der Waals surface area contributed by atoms with Gasteiger partial charge in [0.1, 0.15) is 6.10 Å². The van der Waals surface area contributed by atoms with Crippen LogP contribution in [0.25, 0.3) is 0 Å². The molecule has 8 heteroatoms. The number of nitrogens with one attached hydrogen (secondary N) is 1. The summed E-state index contributed by atoms with van der Waals surface area (Å²) in [6, 6.07) is -0.434. The monoisotopic (exact) mass is 331 g/mol. The van der Waals surface area contributed by atoms with Crippen molar-refractivity contribution in [2.75, 3.05) is 14.2 Å². The van der Waals surface area contributed by atoms with E-state index < -0.39 is 34.2 Å². The van der Waals surface area contributed by atoms with E-state index in [1.807, 2.05) is 20.8 Å². The molecule has 2 N–H and O–H groups in total. The first kappa shape index (κ1) is 19.1. The third-order valence-corrected chi connectivity index (χ3v) is 4.61. The first-order valence-electron chi connectivity index (χ1n) is 6.97. The fourth-order valence-corrected chi connectivity index (χ4v) is 2.62. The van der Waals surface area contributed by atoms with Gasteiger partial charge in [0.25, 0.3) is 0 Å². The Morgan fingerprint density at radius 2 is 1.95 bits per heavy atom. The summed E-state index contributed by atoms with van der Waals surface area (Å²) in [7, 11) is 1.60. The third-order valence-electron chi connectivity index (χ3n) is 3.00. The van der Waals surface area contributed by atoms with E-state index in [1.165, 1.54) is 14.2 Å². The van der Waals surface area contributed by atoms with Crippen LogP contribution >= 0.6 is 0 Å². The average Bonchev–Trinajstić information content (AvgIpc) is 2.47. The minimum atomic E-state index is -1.31. The molecule has 1 aromatic heterocycles. The molecule has 0 aliphatic heterocycles. The summed E-state index contributed by atoms with van der Waals surface area (Å²) >= 11 is 0. The predicted molar refractivity (Wildman–Crippen MR) is 84.2 cm³/mol. The normalized spacial score (nSPS) is 16.5. The van der Waals surface area contributed by atoms with E-state index in [2.05, 4.69) is 14.7 Å². The Kier molecular flexibility index (Phi) is 7.51. The lowest BCUT2D eigenvalue weighted by molar-refractivity contribution is -0.167. The Balaban J connectivity index is 2.90. The zero-order valence-electron chi connectivity index (χ0n) is 13.6. The SMILES string of the molecule is COC(OC)C(O)C[C@H](NS(=O)C(C)(C)C)c1cnccn1. The van der Waals surface area contributed by atoms with Gasteiger partial charge in [-0.2, -0.15) is 0 Å². The number of rotatable bonds is 8. The summed E-state index contributed by atoms with van der Waals surface area (Å²) in [6.07, 6.45) is 3.27. The summed E-state index contributed by atoms with van der Waals surface area (Å²) < 4.78 is 25.0. The van der Waals surface area contributed by atoms with E-state index >= 15 is 0 Å². The molecule has 0 spiro atoms. The zero-order chi connectivity index (χ0) is 16.8. The van der Waals surface area contributed by atoms with Crippen LogP contribution in [0.4, 0.5) is 0 Å². The molecule has 0 aliphatic rings. The van der Waals surface area contributed by atoms with Gasteiger partial charge in [-0.15, -0.1) is 0 Å². The van der Waals surface area contributed by atoms with Crippen molar-refractivity contribution in [3.8, 4) is 0 Å². The molecule has 1 rings (SSSR count). The van der Waals surface area contributed by atoms with E-state index in [0.29, 0.717) is 5.69 Å². The molecule has 0 amide bonds. The van der Waals surface area contributed by atoms with Gasteiger partial charge in [-0.05, 0) is 20.8 Å². The number of aliphatic hydroxyl groups is 1. The fourth-order valence-electron chi connectivity index (χ4n) is 1.79. The van der Waals surface area contributed by atoms with Crippen molar-refractivity contribution < 1.29 is 18.8 Å². The van der Waals surface area contributed by atoms with E-state index in [1.54, 1.807) is 18.6 Å². The van der Waals surface area contributed by atoms with Crippen molar-refractivity contribution in [1.29, 1.82) is 0 Å². The van der Waals surface area contributed by atoms with Crippen LogP contribution in [0.3, 0.4) is 0 Å². The van der Waals surface area contributed by atoms with Gasteiger partial charge >= 0.3 is 0 Å². The summed E-state index contributed by atoms with van der Waals surface area (Å²) in [5, 5.41) is 10.2. The summed E-state index contributed by atoms with van der Waals surface area (Å²) in [5.41, 5.74) is 0.602. The molecule has 0 bridgehead atoms. The maximum absolute atomic E-state index is 12.3. The minimum Gasteiger partial charge on any atom is -0.388 e. The van der Waals surface area contributed by atoms with Crippen LogP contribution in [0.1, 0.15) is 38.9 Å². The van der Waals surface area contributed by atoms with Crippen molar-refractivity contribution in [1.82, 2.24) is 14.7 Å². The maximum atomic E-state index is 12.3. The highest BCUT2D eigenvalue weighted by molar-refractivity contribution is 7.84. The van der Waals surface area contributed by atoms with Gasteiger partial charge in [-0.25, -0.2) is 8.93 Å². The molecule has 2 unspecified atom stereocenters. The number of methoxy groups -OCH3 is 2. The lowest BCUT2D eigenvalue weighted by Crippen LogP contribution is -2.39.